The molecule has 0 saturated carbocycles. The van der Waals surface area contributed by atoms with Crippen LogP contribution in [-0.4, -0.2) is 40.7 Å². The minimum atomic E-state index is -1.63. The van der Waals surface area contributed by atoms with Crippen LogP contribution in [0.3, 0.4) is 0 Å². The number of amides is 1. The first-order valence-electron chi connectivity index (χ1n) is 5.61. The summed E-state index contributed by atoms with van der Waals surface area (Å²) in [5.74, 6) is -6.13. The molecule has 0 fully saturated rings. The van der Waals surface area contributed by atoms with E-state index in [0.29, 0.717) is 6.07 Å². The van der Waals surface area contributed by atoms with Gasteiger partial charge in [0, 0.05) is 6.07 Å². The molecule has 1 rings (SSSR count). The molecule has 0 saturated heterocycles. The maximum atomic E-state index is 13.2. The van der Waals surface area contributed by atoms with Crippen LogP contribution in [0.1, 0.15) is 6.42 Å². The molecule has 21 heavy (non-hydrogen) atoms. The van der Waals surface area contributed by atoms with E-state index >= 15 is 0 Å². The van der Waals surface area contributed by atoms with Crippen LogP contribution >= 0.6 is 0 Å². The van der Waals surface area contributed by atoms with Crippen molar-refractivity contribution in [3.05, 3.63) is 29.8 Å². The van der Waals surface area contributed by atoms with E-state index < -0.39 is 54.3 Å². The summed E-state index contributed by atoms with van der Waals surface area (Å²) in [7, 11) is 0. The number of aliphatic carboxylic acids is 2. The van der Waals surface area contributed by atoms with Crippen molar-refractivity contribution in [2.75, 3.05) is 6.61 Å². The number of halogens is 2. The molecule has 7 nitrogen and oxygen atoms in total. The first-order valence-corrected chi connectivity index (χ1v) is 5.61. The fourth-order valence-electron chi connectivity index (χ4n) is 1.35. The summed E-state index contributed by atoms with van der Waals surface area (Å²) in [6.07, 6.45) is -0.814. The number of hydrogen-bond acceptors (Lipinski definition) is 4. The third-order valence-electron chi connectivity index (χ3n) is 2.26. The zero-order valence-electron chi connectivity index (χ0n) is 10.5. The van der Waals surface area contributed by atoms with Crippen LogP contribution < -0.4 is 10.1 Å². The summed E-state index contributed by atoms with van der Waals surface area (Å²) in [6, 6.07) is 0.805. The van der Waals surface area contributed by atoms with Gasteiger partial charge < -0.3 is 20.3 Å². The van der Waals surface area contributed by atoms with Gasteiger partial charge in [-0.15, -0.1) is 0 Å². The molecule has 1 aromatic rings. The van der Waals surface area contributed by atoms with Crippen molar-refractivity contribution in [1.82, 2.24) is 5.32 Å². The predicted molar refractivity (Wildman–Crippen MR) is 63.7 cm³/mol. The largest absolute Gasteiger partial charge is 0.481 e. The average molecular weight is 303 g/mol. The Hall–Kier alpha value is -2.71. The molecule has 0 heterocycles. The summed E-state index contributed by atoms with van der Waals surface area (Å²) in [5.41, 5.74) is 0. The maximum Gasteiger partial charge on any atom is 0.326 e. The second-order valence-corrected chi connectivity index (χ2v) is 3.92. The highest BCUT2D eigenvalue weighted by Gasteiger charge is 2.23. The molecular formula is C12H11F2NO6. The minimum Gasteiger partial charge on any atom is -0.481 e. The van der Waals surface area contributed by atoms with Crippen molar-refractivity contribution in [3.63, 3.8) is 0 Å². The topological polar surface area (TPSA) is 113 Å². The molecule has 1 atom stereocenters. The molecule has 1 aromatic carbocycles. The quantitative estimate of drug-likeness (QED) is 0.671. The van der Waals surface area contributed by atoms with E-state index in [1.165, 1.54) is 0 Å². The number of carbonyl (C=O) groups is 3. The molecule has 0 spiro atoms. The number of carbonyl (C=O) groups excluding carboxylic acids is 1. The van der Waals surface area contributed by atoms with Crippen molar-refractivity contribution in [2.24, 2.45) is 0 Å². The molecule has 0 radical (unpaired) electrons. The Labute approximate surface area is 117 Å². The van der Waals surface area contributed by atoms with Gasteiger partial charge in [-0.3, -0.25) is 9.59 Å². The predicted octanol–water partition coefficient (Wildman–Crippen LogP) is 0.388. The molecule has 0 aliphatic rings. The standard InChI is InChI=1S/C12H11F2NO6/c13-6-1-2-9(7(14)3-6)21-5-10(16)15-8(12(19)20)4-11(17)18/h1-3,8H,4-5H2,(H,15,16)(H,17,18)(H,19,20). The number of carboxylic acid groups (broad SMARTS) is 2. The van der Waals surface area contributed by atoms with Crippen molar-refractivity contribution < 1.29 is 38.1 Å². The van der Waals surface area contributed by atoms with Crippen LogP contribution in [0.2, 0.25) is 0 Å². The number of carboxylic acids is 2. The van der Waals surface area contributed by atoms with E-state index in [0.717, 1.165) is 12.1 Å². The molecule has 0 aliphatic carbocycles. The van der Waals surface area contributed by atoms with Crippen LogP contribution in [0.5, 0.6) is 5.75 Å². The average Bonchev–Trinajstić information content (AvgIpc) is 2.36. The number of benzene rings is 1. The van der Waals surface area contributed by atoms with Gasteiger partial charge in [-0.1, -0.05) is 0 Å². The van der Waals surface area contributed by atoms with Gasteiger partial charge in [0.05, 0.1) is 6.42 Å². The Balaban J connectivity index is 2.56. The van der Waals surface area contributed by atoms with E-state index in [-0.39, 0.29) is 0 Å². The number of hydrogen-bond donors (Lipinski definition) is 3. The molecule has 0 aromatic heterocycles. The smallest absolute Gasteiger partial charge is 0.326 e. The van der Waals surface area contributed by atoms with Crippen LogP contribution in [0.25, 0.3) is 0 Å². The van der Waals surface area contributed by atoms with Crippen molar-refractivity contribution in [1.29, 1.82) is 0 Å². The van der Waals surface area contributed by atoms with Crippen molar-refractivity contribution in [3.8, 4) is 5.75 Å². The zero-order valence-corrected chi connectivity index (χ0v) is 10.5. The molecule has 1 unspecified atom stereocenters. The maximum absolute atomic E-state index is 13.2. The lowest BCUT2D eigenvalue weighted by molar-refractivity contribution is -0.147. The van der Waals surface area contributed by atoms with Gasteiger partial charge in [0.2, 0.25) is 0 Å². The van der Waals surface area contributed by atoms with Gasteiger partial charge in [0.15, 0.2) is 18.2 Å². The number of ether oxygens (including phenoxy) is 1. The molecule has 114 valence electrons. The first kappa shape index (κ1) is 16.3. The van der Waals surface area contributed by atoms with Gasteiger partial charge in [0.1, 0.15) is 11.9 Å². The Morgan fingerprint density at radius 2 is 1.90 bits per heavy atom. The Morgan fingerprint density at radius 1 is 1.24 bits per heavy atom. The highest BCUT2D eigenvalue weighted by atomic mass is 19.1. The zero-order chi connectivity index (χ0) is 16.0. The summed E-state index contributed by atoms with van der Waals surface area (Å²) in [4.78, 5) is 32.5. The molecule has 1 amide bonds. The second kappa shape index (κ2) is 7.17. The van der Waals surface area contributed by atoms with Gasteiger partial charge in [-0.25, -0.2) is 13.6 Å². The Bertz CT molecular complexity index is 563. The number of rotatable bonds is 7. The SMILES string of the molecule is O=C(O)CC(NC(=O)COc1ccc(F)cc1F)C(=O)O. The molecule has 9 heteroatoms. The van der Waals surface area contributed by atoms with E-state index in [1.807, 2.05) is 5.32 Å². The monoisotopic (exact) mass is 303 g/mol. The van der Waals surface area contributed by atoms with E-state index in [2.05, 4.69) is 0 Å². The second-order valence-electron chi connectivity index (χ2n) is 3.92. The third kappa shape index (κ3) is 5.43. The first-order chi connectivity index (χ1) is 9.79. The highest BCUT2D eigenvalue weighted by molar-refractivity contribution is 5.87. The number of nitrogens with one attached hydrogen (secondary N) is 1. The van der Waals surface area contributed by atoms with Crippen LogP contribution in [0.4, 0.5) is 8.78 Å². The molecule has 3 N–H and O–H groups in total. The summed E-state index contributed by atoms with van der Waals surface area (Å²) < 4.78 is 30.6. The fourth-order valence-corrected chi connectivity index (χ4v) is 1.35. The van der Waals surface area contributed by atoms with E-state index in [4.69, 9.17) is 14.9 Å². The van der Waals surface area contributed by atoms with E-state index in [9.17, 15) is 23.2 Å². The lowest BCUT2D eigenvalue weighted by Crippen LogP contribution is -2.44. The summed E-state index contributed by atoms with van der Waals surface area (Å²) in [5, 5.41) is 19.1. The van der Waals surface area contributed by atoms with Crippen LogP contribution in [-0.2, 0) is 14.4 Å². The van der Waals surface area contributed by atoms with Crippen molar-refractivity contribution in [2.45, 2.75) is 12.5 Å². The summed E-state index contributed by atoms with van der Waals surface area (Å²) in [6.45, 7) is -0.744. The fraction of sp³-hybridized carbons (Fsp3) is 0.250. The normalized spacial score (nSPS) is 11.5. The minimum absolute atomic E-state index is 0.392. The Morgan fingerprint density at radius 3 is 2.43 bits per heavy atom. The molecule has 0 bridgehead atoms. The van der Waals surface area contributed by atoms with Gasteiger partial charge in [-0.05, 0) is 12.1 Å². The third-order valence-corrected chi connectivity index (χ3v) is 2.26. The van der Waals surface area contributed by atoms with Crippen LogP contribution in [0.15, 0.2) is 18.2 Å². The molecule has 0 aliphatic heterocycles. The van der Waals surface area contributed by atoms with E-state index in [1.54, 1.807) is 0 Å². The lowest BCUT2D eigenvalue weighted by Gasteiger charge is -2.13. The Kier molecular flexibility index (Phi) is 5.58. The molecular weight excluding hydrogens is 292 g/mol. The van der Waals surface area contributed by atoms with Crippen molar-refractivity contribution >= 4 is 17.8 Å². The van der Waals surface area contributed by atoms with Crippen LogP contribution in [0, 0.1) is 11.6 Å². The summed E-state index contributed by atoms with van der Waals surface area (Å²) >= 11 is 0. The van der Waals surface area contributed by atoms with Gasteiger partial charge in [-0.2, -0.15) is 0 Å². The highest BCUT2D eigenvalue weighted by Crippen LogP contribution is 2.17. The lowest BCUT2D eigenvalue weighted by atomic mass is 10.2. The van der Waals surface area contributed by atoms with Gasteiger partial charge >= 0.3 is 11.9 Å². The van der Waals surface area contributed by atoms with Gasteiger partial charge in [0.25, 0.3) is 5.91 Å².